The summed E-state index contributed by atoms with van der Waals surface area (Å²) in [4.78, 5) is 0. The lowest BCUT2D eigenvalue weighted by atomic mass is 10.0. The van der Waals surface area contributed by atoms with E-state index >= 15 is 0 Å². The van der Waals surface area contributed by atoms with Crippen LogP contribution in [0.25, 0.3) is 21.9 Å². The van der Waals surface area contributed by atoms with Crippen molar-refractivity contribution < 1.29 is 6.48 Å². The molecule has 0 atom stereocenters. The second-order valence-electron chi connectivity index (χ2n) is 3.99. The number of para-hydroxylation sites is 1. The Morgan fingerprint density at radius 3 is 2.53 bits per heavy atom. The first-order valence-corrected chi connectivity index (χ1v) is 5.53. The Labute approximate surface area is 101 Å². The van der Waals surface area contributed by atoms with Gasteiger partial charge in [0.25, 0.3) is 0 Å². The zero-order valence-corrected chi connectivity index (χ0v) is 9.22. The largest absolute Gasteiger partial charge is 0.507 e. The van der Waals surface area contributed by atoms with Crippen LogP contribution >= 0.6 is 0 Å². The van der Waals surface area contributed by atoms with Crippen LogP contribution in [0.15, 0.2) is 66.7 Å². The van der Waals surface area contributed by atoms with Crippen LogP contribution in [0.3, 0.4) is 0 Å². The minimum atomic E-state index is 0.277. The van der Waals surface area contributed by atoms with E-state index in [0.717, 1.165) is 21.9 Å². The fraction of sp³-hybridized carbons (Fsp3) is 0. The molecule has 82 valence electrons. The summed E-state index contributed by atoms with van der Waals surface area (Å²) in [7, 11) is 0. The molecule has 0 fully saturated rings. The number of phenolic OH excluding ortho intramolecular Hbond substituents is 1. The average Bonchev–Trinajstić information content (AvgIpc) is 2.39. The maximum Gasteiger partial charge on any atom is 0.123 e. The van der Waals surface area contributed by atoms with E-state index in [4.69, 9.17) is 1.37 Å². The van der Waals surface area contributed by atoms with Crippen molar-refractivity contribution in [1.29, 1.82) is 0 Å². The van der Waals surface area contributed by atoms with Gasteiger partial charge in [0.2, 0.25) is 0 Å². The highest BCUT2D eigenvalue weighted by molar-refractivity contribution is 5.88. The third kappa shape index (κ3) is 1.76. The molecule has 0 aliphatic heterocycles. The third-order valence-corrected chi connectivity index (χ3v) is 2.88. The topological polar surface area (TPSA) is 20.2 Å². The van der Waals surface area contributed by atoms with Crippen LogP contribution in [-0.2, 0) is 0 Å². The summed E-state index contributed by atoms with van der Waals surface area (Å²) < 4.78 is 7.83. The summed E-state index contributed by atoms with van der Waals surface area (Å²) >= 11 is 0. The second-order valence-corrected chi connectivity index (χ2v) is 3.99. The van der Waals surface area contributed by atoms with Gasteiger partial charge in [0.05, 0.1) is 1.37 Å². The minimum Gasteiger partial charge on any atom is -0.507 e. The van der Waals surface area contributed by atoms with Crippen LogP contribution in [-0.4, -0.2) is 5.11 Å². The molecule has 0 saturated heterocycles. The number of hydrogen-bond donors (Lipinski definition) is 1. The molecule has 0 spiro atoms. The van der Waals surface area contributed by atoms with Gasteiger partial charge in [-0.3, -0.25) is 0 Å². The fourth-order valence-electron chi connectivity index (χ4n) is 2.01. The van der Waals surface area contributed by atoms with E-state index in [1.165, 1.54) is 0 Å². The van der Waals surface area contributed by atoms with Crippen molar-refractivity contribution in [3.63, 3.8) is 0 Å². The van der Waals surface area contributed by atoms with Gasteiger partial charge in [-0.25, -0.2) is 0 Å². The van der Waals surface area contributed by atoms with E-state index in [1.54, 1.807) is 12.1 Å². The van der Waals surface area contributed by atoms with E-state index < -0.39 is 0 Å². The van der Waals surface area contributed by atoms with E-state index in [1.807, 2.05) is 48.5 Å². The van der Waals surface area contributed by atoms with Gasteiger partial charge in [0, 0.05) is 5.56 Å². The zero-order valence-electron chi connectivity index (χ0n) is 10.2. The predicted molar refractivity (Wildman–Crippen MR) is 71.0 cm³/mol. The zero-order chi connectivity index (χ0) is 12.5. The maximum atomic E-state index is 9.85. The quantitative estimate of drug-likeness (QED) is 0.652. The van der Waals surface area contributed by atoms with Gasteiger partial charge in [-0.1, -0.05) is 54.6 Å². The second kappa shape index (κ2) is 3.95. The maximum absolute atomic E-state index is 9.85. The molecule has 0 heterocycles. The Balaban J connectivity index is 2.23. The molecule has 3 aromatic rings. The van der Waals surface area contributed by atoms with Gasteiger partial charge in [-0.15, -0.1) is 0 Å². The number of benzene rings is 3. The van der Waals surface area contributed by atoms with E-state index in [9.17, 15) is 5.11 Å². The molecule has 1 heteroatoms. The number of fused-ring (bicyclic) bond motifs is 1. The Kier molecular flexibility index (Phi) is 2.05. The Hall–Kier alpha value is -2.28. The number of hydrogen-bond acceptors (Lipinski definition) is 1. The monoisotopic (exact) mass is 221 g/mol. The first-order chi connectivity index (χ1) is 8.75. The average molecular weight is 221 g/mol. The van der Waals surface area contributed by atoms with Crippen molar-refractivity contribution >= 4 is 10.8 Å². The van der Waals surface area contributed by atoms with Crippen molar-refractivity contribution in [2.75, 3.05) is 0 Å². The molecule has 17 heavy (non-hydrogen) atoms. The Bertz CT molecular complexity index is 719. The predicted octanol–water partition coefficient (Wildman–Crippen LogP) is 4.21. The summed E-state index contributed by atoms with van der Waals surface area (Å²) in [6.45, 7) is 0. The lowest BCUT2D eigenvalue weighted by Gasteiger charge is -2.06. The van der Waals surface area contributed by atoms with Gasteiger partial charge >= 0.3 is 0 Å². The highest BCUT2D eigenvalue weighted by Crippen LogP contribution is 2.30. The molecule has 0 amide bonds. The van der Waals surface area contributed by atoms with E-state index in [0.29, 0.717) is 6.04 Å². The van der Waals surface area contributed by atoms with E-state index in [-0.39, 0.29) is 5.75 Å². The molecule has 0 aliphatic rings. The van der Waals surface area contributed by atoms with Crippen LogP contribution in [0.2, 0.25) is 0 Å². The van der Waals surface area contributed by atoms with Gasteiger partial charge in [0.15, 0.2) is 0 Å². The van der Waals surface area contributed by atoms with Crippen molar-refractivity contribution in [3.05, 3.63) is 66.7 Å². The smallest absolute Gasteiger partial charge is 0.123 e. The fourth-order valence-corrected chi connectivity index (χ4v) is 2.01. The van der Waals surface area contributed by atoms with Crippen LogP contribution in [0.4, 0.5) is 0 Å². The first kappa shape index (κ1) is 8.82. The summed E-state index contributed by atoms with van der Waals surface area (Å²) in [6, 6.07) is 19.3. The molecule has 1 N–H and O–H groups in total. The number of phenols is 1. The molecular formula is C16H12O. The van der Waals surface area contributed by atoms with E-state index in [2.05, 4.69) is 0 Å². The molecule has 0 unspecified atom stereocenters. The lowest BCUT2D eigenvalue weighted by Crippen LogP contribution is -1.79. The van der Waals surface area contributed by atoms with Crippen molar-refractivity contribution in [2.45, 2.75) is 0 Å². The third-order valence-electron chi connectivity index (χ3n) is 2.88. The summed E-state index contributed by atoms with van der Waals surface area (Å²) in [5, 5.41) is 11.8. The summed E-state index contributed by atoms with van der Waals surface area (Å²) in [5.74, 6) is 0.277. The standard InChI is InChI=1S/C16H12O/c17-16-8-4-3-7-15(16)14-10-9-12-5-1-2-6-13(12)11-14/h1-11,17H/i5D. The Morgan fingerprint density at radius 2 is 1.65 bits per heavy atom. The van der Waals surface area contributed by atoms with Crippen LogP contribution in [0.5, 0.6) is 5.75 Å². The molecule has 0 bridgehead atoms. The van der Waals surface area contributed by atoms with Crippen molar-refractivity contribution in [2.24, 2.45) is 0 Å². The molecule has 0 saturated carbocycles. The Morgan fingerprint density at radius 1 is 0.824 bits per heavy atom. The molecule has 0 aliphatic carbocycles. The van der Waals surface area contributed by atoms with Crippen LogP contribution < -0.4 is 0 Å². The first-order valence-electron chi connectivity index (χ1n) is 6.03. The molecule has 0 radical (unpaired) electrons. The normalized spacial score (nSPS) is 11.4. The molecule has 1 nitrogen and oxygen atoms in total. The lowest BCUT2D eigenvalue weighted by molar-refractivity contribution is 0.477. The number of rotatable bonds is 1. The van der Waals surface area contributed by atoms with Crippen molar-refractivity contribution in [3.8, 4) is 16.9 Å². The molecular weight excluding hydrogens is 208 g/mol. The molecule has 3 aromatic carbocycles. The van der Waals surface area contributed by atoms with Crippen LogP contribution in [0, 0.1) is 0 Å². The van der Waals surface area contributed by atoms with Gasteiger partial charge in [-0.2, -0.15) is 0 Å². The summed E-state index contributed by atoms with van der Waals surface area (Å²) in [5.41, 5.74) is 1.78. The minimum absolute atomic E-state index is 0.277. The highest BCUT2D eigenvalue weighted by atomic mass is 16.3. The SMILES string of the molecule is [2H]c1cccc2cc(-c3ccccc3O)ccc12. The highest BCUT2D eigenvalue weighted by Gasteiger charge is 2.03. The van der Waals surface area contributed by atoms with Gasteiger partial charge < -0.3 is 5.11 Å². The van der Waals surface area contributed by atoms with Crippen molar-refractivity contribution in [1.82, 2.24) is 0 Å². The molecule has 0 aromatic heterocycles. The summed E-state index contributed by atoms with van der Waals surface area (Å²) in [6.07, 6.45) is 0. The van der Waals surface area contributed by atoms with Gasteiger partial charge in [-0.05, 0) is 28.5 Å². The number of aromatic hydroxyl groups is 1. The molecule has 3 rings (SSSR count). The van der Waals surface area contributed by atoms with Gasteiger partial charge in [0.1, 0.15) is 5.75 Å². The van der Waals surface area contributed by atoms with Crippen LogP contribution in [0.1, 0.15) is 1.37 Å².